The molecule has 0 aliphatic heterocycles. The van der Waals surface area contributed by atoms with Crippen molar-refractivity contribution < 1.29 is 14.3 Å². The third-order valence-electron chi connectivity index (χ3n) is 4.20. The average molecular weight is 368 g/mol. The van der Waals surface area contributed by atoms with Gasteiger partial charge in [-0.05, 0) is 30.7 Å². The van der Waals surface area contributed by atoms with Crippen molar-refractivity contribution in [2.75, 3.05) is 26.0 Å². The minimum Gasteiger partial charge on any atom is -0.493 e. The molecule has 2 aromatic carbocycles. The third-order valence-corrected chi connectivity index (χ3v) is 4.20. The molecule has 5 heteroatoms. The van der Waals surface area contributed by atoms with E-state index in [4.69, 9.17) is 4.74 Å². The number of carbonyl (C=O) groups is 2. The molecule has 0 heterocycles. The summed E-state index contributed by atoms with van der Waals surface area (Å²) in [6.45, 7) is 2.75. The lowest BCUT2D eigenvalue weighted by Crippen LogP contribution is -2.24. The molecule has 0 bridgehead atoms. The second-order valence-corrected chi connectivity index (χ2v) is 6.60. The normalized spacial score (nSPS) is 10.3. The van der Waals surface area contributed by atoms with Gasteiger partial charge in [0.05, 0.1) is 23.4 Å². The summed E-state index contributed by atoms with van der Waals surface area (Å²) in [7, 11) is 3.37. The van der Waals surface area contributed by atoms with Gasteiger partial charge in [-0.25, -0.2) is 0 Å². The molecule has 2 aromatic rings. The largest absolute Gasteiger partial charge is 0.493 e. The lowest BCUT2D eigenvalue weighted by atomic mass is 10.1. The van der Waals surface area contributed by atoms with Crippen molar-refractivity contribution in [2.24, 2.45) is 0 Å². The molecule has 0 fully saturated rings. The van der Waals surface area contributed by atoms with Crippen molar-refractivity contribution in [1.29, 1.82) is 0 Å². The average Bonchev–Trinajstić information content (AvgIpc) is 2.68. The van der Waals surface area contributed by atoms with Crippen LogP contribution in [0.3, 0.4) is 0 Å². The highest BCUT2D eigenvalue weighted by molar-refractivity contribution is 6.10. The molecule has 2 rings (SSSR count). The molecule has 0 radical (unpaired) electrons. The minimum atomic E-state index is -0.293. The Labute approximate surface area is 161 Å². The molecule has 0 aliphatic rings. The number of hydrogen-bond acceptors (Lipinski definition) is 3. The maximum atomic E-state index is 12.8. The Kier molecular flexibility index (Phi) is 7.86. The van der Waals surface area contributed by atoms with Gasteiger partial charge in [0.2, 0.25) is 0 Å². The fourth-order valence-corrected chi connectivity index (χ4v) is 2.70. The maximum absolute atomic E-state index is 12.8. The van der Waals surface area contributed by atoms with Gasteiger partial charge in [0.25, 0.3) is 11.8 Å². The van der Waals surface area contributed by atoms with E-state index in [1.807, 2.05) is 6.07 Å². The van der Waals surface area contributed by atoms with Crippen molar-refractivity contribution >= 4 is 17.5 Å². The fraction of sp³-hybridized carbons (Fsp3) is 0.364. The first-order valence-electron chi connectivity index (χ1n) is 9.38. The van der Waals surface area contributed by atoms with Gasteiger partial charge >= 0.3 is 0 Å². The second-order valence-electron chi connectivity index (χ2n) is 6.60. The predicted molar refractivity (Wildman–Crippen MR) is 108 cm³/mol. The molecule has 5 nitrogen and oxygen atoms in total. The number of carbonyl (C=O) groups excluding carboxylic acids is 2. The van der Waals surface area contributed by atoms with Gasteiger partial charge in [0.1, 0.15) is 5.75 Å². The number of rotatable bonds is 9. The van der Waals surface area contributed by atoms with Crippen LogP contribution >= 0.6 is 0 Å². The number of amides is 2. The first-order valence-corrected chi connectivity index (χ1v) is 9.38. The minimum absolute atomic E-state index is 0.161. The molecule has 0 atom stereocenters. The number of nitrogens with one attached hydrogen (secondary N) is 1. The van der Waals surface area contributed by atoms with Crippen molar-refractivity contribution in [3.63, 3.8) is 0 Å². The first-order chi connectivity index (χ1) is 13.0. The van der Waals surface area contributed by atoms with Gasteiger partial charge in [0.15, 0.2) is 0 Å². The summed E-state index contributed by atoms with van der Waals surface area (Å²) in [6.07, 6.45) is 4.43. The molecule has 0 aromatic heterocycles. The molecular formula is C22H28N2O3. The van der Waals surface area contributed by atoms with Crippen LogP contribution in [0.4, 0.5) is 5.69 Å². The number of para-hydroxylation sites is 2. The highest BCUT2D eigenvalue weighted by Crippen LogP contribution is 2.22. The lowest BCUT2D eigenvalue weighted by molar-refractivity contribution is 0.0828. The van der Waals surface area contributed by atoms with E-state index in [0.29, 0.717) is 29.2 Å². The van der Waals surface area contributed by atoms with E-state index in [-0.39, 0.29) is 11.8 Å². The Morgan fingerprint density at radius 2 is 1.59 bits per heavy atom. The number of ether oxygens (including phenoxy) is 1. The Hall–Kier alpha value is -2.82. The summed E-state index contributed by atoms with van der Waals surface area (Å²) in [5.74, 6) is 0.104. The third kappa shape index (κ3) is 5.84. The Bertz CT molecular complexity index is 772. The molecule has 0 aliphatic carbocycles. The van der Waals surface area contributed by atoms with Gasteiger partial charge in [0, 0.05) is 14.1 Å². The van der Waals surface area contributed by atoms with E-state index in [1.165, 1.54) is 17.7 Å². The van der Waals surface area contributed by atoms with Crippen LogP contribution in [0.2, 0.25) is 0 Å². The fourth-order valence-electron chi connectivity index (χ4n) is 2.70. The zero-order valence-electron chi connectivity index (χ0n) is 16.3. The standard InChI is InChI=1S/C22H28N2O3/c1-4-5-6-11-16-27-20-15-10-8-13-18(20)21(25)23-19-14-9-7-12-17(19)22(26)24(2)3/h7-10,12-15H,4-6,11,16H2,1-3H3,(H,23,25). The van der Waals surface area contributed by atoms with Crippen LogP contribution in [0.25, 0.3) is 0 Å². The number of nitrogens with zero attached hydrogens (tertiary/aromatic N) is 1. The van der Waals surface area contributed by atoms with Crippen LogP contribution in [0.1, 0.15) is 53.3 Å². The van der Waals surface area contributed by atoms with Crippen LogP contribution in [0.15, 0.2) is 48.5 Å². The van der Waals surface area contributed by atoms with Gasteiger partial charge in [-0.15, -0.1) is 0 Å². The van der Waals surface area contributed by atoms with Crippen molar-refractivity contribution in [3.8, 4) is 5.75 Å². The zero-order valence-corrected chi connectivity index (χ0v) is 16.3. The Balaban J connectivity index is 2.12. The highest BCUT2D eigenvalue weighted by atomic mass is 16.5. The monoisotopic (exact) mass is 368 g/mol. The molecular weight excluding hydrogens is 340 g/mol. The molecule has 1 N–H and O–H groups in total. The van der Waals surface area contributed by atoms with Gasteiger partial charge < -0.3 is 15.0 Å². The zero-order chi connectivity index (χ0) is 19.6. The number of unbranched alkanes of at least 4 members (excludes halogenated alkanes) is 3. The quantitative estimate of drug-likeness (QED) is 0.658. The first kappa shape index (κ1) is 20.5. The molecule has 144 valence electrons. The summed E-state index contributed by atoms with van der Waals surface area (Å²) < 4.78 is 5.82. The molecule has 0 saturated carbocycles. The summed E-state index contributed by atoms with van der Waals surface area (Å²) in [5.41, 5.74) is 1.40. The van der Waals surface area contributed by atoms with E-state index in [1.54, 1.807) is 56.6 Å². The van der Waals surface area contributed by atoms with E-state index in [0.717, 1.165) is 12.8 Å². The number of hydrogen-bond donors (Lipinski definition) is 1. The van der Waals surface area contributed by atoms with E-state index < -0.39 is 0 Å². The second kappa shape index (κ2) is 10.4. The van der Waals surface area contributed by atoms with Gasteiger partial charge in [-0.1, -0.05) is 50.5 Å². The highest BCUT2D eigenvalue weighted by Gasteiger charge is 2.17. The van der Waals surface area contributed by atoms with Crippen molar-refractivity contribution in [3.05, 3.63) is 59.7 Å². The van der Waals surface area contributed by atoms with Crippen LogP contribution in [0.5, 0.6) is 5.75 Å². The summed E-state index contributed by atoms with van der Waals surface area (Å²) >= 11 is 0. The summed E-state index contributed by atoms with van der Waals surface area (Å²) in [4.78, 5) is 26.6. The lowest BCUT2D eigenvalue weighted by Gasteiger charge is -2.16. The predicted octanol–water partition coefficient (Wildman–Crippen LogP) is 4.60. The van der Waals surface area contributed by atoms with Crippen molar-refractivity contribution in [2.45, 2.75) is 32.6 Å². The van der Waals surface area contributed by atoms with E-state index in [2.05, 4.69) is 12.2 Å². The SMILES string of the molecule is CCCCCCOc1ccccc1C(=O)Nc1ccccc1C(=O)N(C)C. The summed E-state index contributed by atoms with van der Waals surface area (Å²) in [6, 6.07) is 14.2. The van der Waals surface area contributed by atoms with E-state index >= 15 is 0 Å². The van der Waals surface area contributed by atoms with Crippen LogP contribution in [-0.2, 0) is 0 Å². The Morgan fingerprint density at radius 1 is 0.926 bits per heavy atom. The molecule has 0 unspecified atom stereocenters. The summed E-state index contributed by atoms with van der Waals surface area (Å²) in [5, 5.41) is 2.85. The smallest absolute Gasteiger partial charge is 0.259 e. The maximum Gasteiger partial charge on any atom is 0.259 e. The van der Waals surface area contributed by atoms with Gasteiger partial charge in [-0.2, -0.15) is 0 Å². The molecule has 0 spiro atoms. The number of anilines is 1. The molecule has 2 amide bonds. The van der Waals surface area contributed by atoms with E-state index in [9.17, 15) is 9.59 Å². The van der Waals surface area contributed by atoms with Gasteiger partial charge in [-0.3, -0.25) is 9.59 Å². The number of benzene rings is 2. The van der Waals surface area contributed by atoms with Crippen LogP contribution in [-0.4, -0.2) is 37.4 Å². The van der Waals surface area contributed by atoms with Crippen molar-refractivity contribution in [1.82, 2.24) is 4.90 Å². The Morgan fingerprint density at radius 3 is 2.30 bits per heavy atom. The molecule has 0 saturated heterocycles. The van der Waals surface area contributed by atoms with Crippen LogP contribution in [0, 0.1) is 0 Å². The topological polar surface area (TPSA) is 58.6 Å². The van der Waals surface area contributed by atoms with Crippen LogP contribution < -0.4 is 10.1 Å². The molecule has 27 heavy (non-hydrogen) atoms.